The van der Waals surface area contributed by atoms with Crippen molar-refractivity contribution in [1.82, 2.24) is 25.4 Å². The molecule has 0 radical (unpaired) electrons. The number of nitrogens with one attached hydrogen (secondary N) is 2. The van der Waals surface area contributed by atoms with Crippen molar-refractivity contribution in [3.05, 3.63) is 72.3 Å². The third-order valence-corrected chi connectivity index (χ3v) is 6.18. The molecule has 7 nitrogen and oxygen atoms in total. The highest BCUT2D eigenvalue weighted by atomic mass is 16.2. The number of benzene rings is 1. The minimum Gasteiger partial charge on any atom is -0.353 e. The van der Waals surface area contributed by atoms with Crippen LogP contribution in [0.5, 0.6) is 0 Å². The summed E-state index contributed by atoms with van der Waals surface area (Å²) in [4.78, 5) is 32.1. The molecule has 0 spiro atoms. The lowest BCUT2D eigenvalue weighted by atomic mass is 9.71. The molecule has 3 heterocycles. The van der Waals surface area contributed by atoms with Gasteiger partial charge < -0.3 is 10.2 Å². The van der Waals surface area contributed by atoms with Crippen LogP contribution < -0.4 is 5.32 Å². The SMILES string of the molecule is CC(C)NC(=O)C1(Cc2ccccc2-c2ccncc2)CCN(C(=O)c2ccn[nH]2)CC1. The zero-order valence-electron chi connectivity index (χ0n) is 18.5. The van der Waals surface area contributed by atoms with E-state index in [2.05, 4.69) is 32.6 Å². The van der Waals surface area contributed by atoms with Crippen LogP contribution in [0.15, 0.2) is 61.1 Å². The molecule has 2 amide bonds. The molecule has 0 saturated carbocycles. The second-order valence-electron chi connectivity index (χ2n) is 8.74. The number of piperidine rings is 1. The molecule has 1 fully saturated rings. The number of H-pyrrole nitrogens is 1. The Morgan fingerprint density at radius 1 is 1.06 bits per heavy atom. The van der Waals surface area contributed by atoms with E-state index in [4.69, 9.17) is 0 Å². The first-order valence-corrected chi connectivity index (χ1v) is 11.1. The van der Waals surface area contributed by atoms with Crippen LogP contribution in [0, 0.1) is 5.41 Å². The van der Waals surface area contributed by atoms with Gasteiger partial charge in [-0.25, -0.2) is 0 Å². The topological polar surface area (TPSA) is 91.0 Å². The molecule has 1 saturated heterocycles. The van der Waals surface area contributed by atoms with Crippen molar-refractivity contribution in [3.63, 3.8) is 0 Å². The molecule has 2 aromatic heterocycles. The molecule has 0 atom stereocenters. The van der Waals surface area contributed by atoms with Crippen molar-refractivity contribution in [2.45, 2.75) is 39.2 Å². The lowest BCUT2D eigenvalue weighted by molar-refractivity contribution is -0.134. The molecule has 32 heavy (non-hydrogen) atoms. The van der Waals surface area contributed by atoms with Crippen molar-refractivity contribution in [3.8, 4) is 11.1 Å². The summed E-state index contributed by atoms with van der Waals surface area (Å²) in [7, 11) is 0. The van der Waals surface area contributed by atoms with Gasteiger partial charge >= 0.3 is 0 Å². The number of amides is 2. The number of hydrogen-bond acceptors (Lipinski definition) is 4. The first-order chi connectivity index (χ1) is 15.5. The Morgan fingerprint density at radius 3 is 2.44 bits per heavy atom. The highest BCUT2D eigenvalue weighted by molar-refractivity contribution is 5.92. The molecule has 2 N–H and O–H groups in total. The van der Waals surface area contributed by atoms with Gasteiger partial charge in [-0.1, -0.05) is 24.3 Å². The van der Waals surface area contributed by atoms with Gasteiger partial charge in [-0.2, -0.15) is 5.10 Å². The molecule has 1 aliphatic rings. The number of rotatable bonds is 6. The fourth-order valence-electron chi connectivity index (χ4n) is 4.43. The van der Waals surface area contributed by atoms with Crippen LogP contribution in [0.1, 0.15) is 42.7 Å². The Labute approximate surface area is 188 Å². The fourth-order valence-corrected chi connectivity index (χ4v) is 4.43. The predicted molar refractivity (Wildman–Crippen MR) is 123 cm³/mol. The summed E-state index contributed by atoms with van der Waals surface area (Å²) in [5.74, 6) is -0.0109. The second-order valence-corrected chi connectivity index (χ2v) is 8.74. The van der Waals surface area contributed by atoms with Gasteiger partial charge in [0.25, 0.3) is 5.91 Å². The van der Waals surface area contributed by atoms with Gasteiger partial charge in [-0.3, -0.25) is 19.7 Å². The maximum absolute atomic E-state index is 13.4. The summed E-state index contributed by atoms with van der Waals surface area (Å²) in [6, 6.07) is 13.9. The molecular weight excluding hydrogens is 402 g/mol. The lowest BCUT2D eigenvalue weighted by Crippen LogP contribution is -2.52. The quantitative estimate of drug-likeness (QED) is 0.625. The Kier molecular flexibility index (Phi) is 6.35. The first kappa shape index (κ1) is 21.7. The van der Waals surface area contributed by atoms with Crippen LogP contribution in [0.2, 0.25) is 0 Å². The van der Waals surface area contributed by atoms with Crippen LogP contribution >= 0.6 is 0 Å². The van der Waals surface area contributed by atoms with E-state index < -0.39 is 5.41 Å². The number of nitrogens with zero attached hydrogens (tertiary/aromatic N) is 3. The number of pyridine rings is 1. The third-order valence-electron chi connectivity index (χ3n) is 6.18. The smallest absolute Gasteiger partial charge is 0.271 e. The second kappa shape index (κ2) is 9.34. The van der Waals surface area contributed by atoms with Crippen LogP contribution in [-0.4, -0.2) is 51.0 Å². The van der Waals surface area contributed by atoms with Crippen LogP contribution in [0.3, 0.4) is 0 Å². The van der Waals surface area contributed by atoms with Gasteiger partial charge in [0.05, 0.1) is 5.41 Å². The van der Waals surface area contributed by atoms with Gasteiger partial charge in [0.15, 0.2) is 0 Å². The summed E-state index contributed by atoms with van der Waals surface area (Å²) in [5.41, 5.74) is 3.24. The third kappa shape index (κ3) is 4.56. The standard InChI is InChI=1S/C25H29N5O2/c1-18(2)28-24(32)25(10-15-30(16-11-25)23(31)22-9-14-27-29-22)17-20-5-3-4-6-21(20)19-7-12-26-13-8-19/h3-9,12-14,18H,10-11,15-17H2,1-2H3,(H,27,29)(H,28,32). The van der Waals surface area contributed by atoms with Crippen molar-refractivity contribution < 1.29 is 9.59 Å². The van der Waals surface area contributed by atoms with E-state index in [1.54, 1.807) is 24.7 Å². The van der Waals surface area contributed by atoms with Crippen molar-refractivity contribution in [2.24, 2.45) is 5.41 Å². The number of aromatic nitrogens is 3. The average molecular weight is 432 g/mol. The summed E-state index contributed by atoms with van der Waals surface area (Å²) < 4.78 is 0. The van der Waals surface area contributed by atoms with Crippen LogP contribution in [-0.2, 0) is 11.2 Å². The number of aromatic amines is 1. The molecule has 4 rings (SSSR count). The molecule has 3 aromatic rings. The Hall–Kier alpha value is -3.48. The molecular formula is C25H29N5O2. The molecule has 0 unspecified atom stereocenters. The summed E-state index contributed by atoms with van der Waals surface area (Å²) >= 11 is 0. The maximum atomic E-state index is 13.4. The Bertz CT molecular complexity index is 1050. The zero-order chi connectivity index (χ0) is 22.6. The van der Waals surface area contributed by atoms with E-state index >= 15 is 0 Å². The van der Waals surface area contributed by atoms with Gasteiger partial charge in [-0.05, 0) is 68.0 Å². The van der Waals surface area contributed by atoms with Gasteiger partial charge in [0.2, 0.25) is 5.91 Å². The maximum Gasteiger partial charge on any atom is 0.271 e. The number of carbonyl (C=O) groups is 2. The molecule has 0 bridgehead atoms. The van der Waals surface area contributed by atoms with E-state index in [1.165, 1.54) is 0 Å². The number of carbonyl (C=O) groups excluding carboxylic acids is 2. The molecule has 166 valence electrons. The molecule has 0 aliphatic carbocycles. The highest BCUT2D eigenvalue weighted by Gasteiger charge is 2.43. The number of likely N-dealkylation sites (tertiary alicyclic amines) is 1. The minimum absolute atomic E-state index is 0.0551. The Morgan fingerprint density at radius 2 is 1.78 bits per heavy atom. The summed E-state index contributed by atoms with van der Waals surface area (Å²) in [6.45, 7) is 5.02. The minimum atomic E-state index is -0.571. The van der Waals surface area contributed by atoms with Gasteiger partial charge in [0, 0.05) is 37.7 Å². The number of hydrogen-bond donors (Lipinski definition) is 2. The normalized spacial score (nSPS) is 15.5. The first-order valence-electron chi connectivity index (χ1n) is 11.1. The molecule has 7 heteroatoms. The van der Waals surface area contributed by atoms with Crippen molar-refractivity contribution in [1.29, 1.82) is 0 Å². The van der Waals surface area contributed by atoms with Crippen molar-refractivity contribution >= 4 is 11.8 Å². The average Bonchev–Trinajstić information content (AvgIpc) is 3.35. The van der Waals surface area contributed by atoms with E-state index in [-0.39, 0.29) is 17.9 Å². The van der Waals surface area contributed by atoms with Crippen molar-refractivity contribution in [2.75, 3.05) is 13.1 Å². The van der Waals surface area contributed by atoms with Gasteiger partial charge in [0.1, 0.15) is 5.69 Å². The molecule has 1 aromatic carbocycles. The van der Waals surface area contributed by atoms with Gasteiger partial charge in [-0.15, -0.1) is 0 Å². The monoisotopic (exact) mass is 431 g/mol. The predicted octanol–water partition coefficient (Wildman–Crippen LogP) is 3.46. The van der Waals surface area contributed by atoms with E-state index in [9.17, 15) is 9.59 Å². The Balaban J connectivity index is 1.61. The zero-order valence-corrected chi connectivity index (χ0v) is 18.5. The van der Waals surface area contributed by atoms with Crippen LogP contribution in [0.25, 0.3) is 11.1 Å². The van der Waals surface area contributed by atoms with E-state index in [0.717, 1.165) is 16.7 Å². The summed E-state index contributed by atoms with van der Waals surface area (Å²) in [6.07, 6.45) is 6.98. The van der Waals surface area contributed by atoms with E-state index in [0.29, 0.717) is 38.0 Å². The largest absolute Gasteiger partial charge is 0.353 e. The lowest BCUT2D eigenvalue weighted by Gasteiger charge is -2.41. The molecule has 1 aliphatic heterocycles. The fraction of sp³-hybridized carbons (Fsp3) is 0.360. The van der Waals surface area contributed by atoms with Crippen LogP contribution in [0.4, 0.5) is 0 Å². The summed E-state index contributed by atoms with van der Waals surface area (Å²) in [5, 5.41) is 9.76. The van der Waals surface area contributed by atoms with E-state index in [1.807, 2.05) is 43.0 Å². The highest BCUT2D eigenvalue weighted by Crippen LogP contribution is 2.38.